The van der Waals surface area contributed by atoms with Crippen molar-refractivity contribution < 1.29 is 0 Å². The molecule has 0 unspecified atom stereocenters. The average molecular weight is 145 g/mol. The number of hydrogen-bond donors (Lipinski definition) is 1. The molecule has 0 aromatic heterocycles. The summed E-state index contributed by atoms with van der Waals surface area (Å²) in [5.74, 6) is 0. The van der Waals surface area contributed by atoms with Gasteiger partial charge in [-0.2, -0.15) is 0 Å². The Hall–Kier alpha value is -1.24. The summed E-state index contributed by atoms with van der Waals surface area (Å²) in [4.78, 5) is 0. The Balaban J connectivity index is 2.52. The minimum Gasteiger partial charge on any atom is -0.399 e. The maximum atomic E-state index is 5.65. The molecule has 0 spiro atoms. The third-order valence-electron chi connectivity index (χ3n) is 2.04. The van der Waals surface area contributed by atoms with Crippen molar-refractivity contribution in [1.29, 1.82) is 0 Å². The molecule has 1 aliphatic carbocycles. The molecule has 0 saturated heterocycles. The summed E-state index contributed by atoms with van der Waals surface area (Å²) in [5.41, 5.74) is 10.6. The van der Waals surface area contributed by atoms with Crippen molar-refractivity contribution in [2.75, 3.05) is 5.73 Å². The smallest absolute Gasteiger partial charge is 0.0317 e. The number of benzene rings is 1. The molecule has 0 fully saturated rings. The van der Waals surface area contributed by atoms with Crippen LogP contribution in [0.3, 0.4) is 0 Å². The van der Waals surface area contributed by atoms with Crippen molar-refractivity contribution in [2.45, 2.75) is 13.3 Å². The van der Waals surface area contributed by atoms with Crippen LogP contribution < -0.4 is 5.73 Å². The molecule has 1 aliphatic rings. The molecule has 2 N–H and O–H groups in total. The zero-order valence-corrected chi connectivity index (χ0v) is 6.59. The van der Waals surface area contributed by atoms with Crippen molar-refractivity contribution in [3.8, 4) is 0 Å². The second-order valence-electron chi connectivity index (χ2n) is 3.13. The quantitative estimate of drug-likeness (QED) is 0.556. The highest BCUT2D eigenvalue weighted by molar-refractivity contribution is 5.65. The molecule has 1 aromatic carbocycles. The van der Waals surface area contributed by atoms with Gasteiger partial charge in [-0.3, -0.25) is 0 Å². The van der Waals surface area contributed by atoms with Gasteiger partial charge in [-0.1, -0.05) is 17.7 Å². The summed E-state index contributed by atoms with van der Waals surface area (Å²) in [7, 11) is 0. The summed E-state index contributed by atoms with van der Waals surface area (Å²) >= 11 is 0. The zero-order chi connectivity index (χ0) is 7.84. The van der Waals surface area contributed by atoms with E-state index in [0.29, 0.717) is 0 Å². The zero-order valence-electron chi connectivity index (χ0n) is 6.59. The van der Waals surface area contributed by atoms with E-state index in [2.05, 4.69) is 25.1 Å². The molecule has 1 heteroatoms. The fraction of sp³-hybridized carbons (Fsp3) is 0.200. The second kappa shape index (κ2) is 2.12. The van der Waals surface area contributed by atoms with E-state index in [1.54, 1.807) is 0 Å². The largest absolute Gasteiger partial charge is 0.399 e. The van der Waals surface area contributed by atoms with Gasteiger partial charge in [0, 0.05) is 5.69 Å². The SMILES string of the molecule is CC1=Cc2ccc(N)cc2C1. The predicted molar refractivity (Wildman–Crippen MR) is 48.2 cm³/mol. The maximum Gasteiger partial charge on any atom is 0.0317 e. The molecule has 0 saturated carbocycles. The second-order valence-corrected chi connectivity index (χ2v) is 3.13. The van der Waals surface area contributed by atoms with Gasteiger partial charge in [0.2, 0.25) is 0 Å². The number of allylic oxidation sites excluding steroid dienone is 1. The van der Waals surface area contributed by atoms with Crippen LogP contribution in [0.25, 0.3) is 6.08 Å². The Labute approximate surface area is 66.5 Å². The number of nitrogens with two attached hydrogens (primary N) is 1. The van der Waals surface area contributed by atoms with Gasteiger partial charge in [-0.05, 0) is 36.6 Å². The molecule has 11 heavy (non-hydrogen) atoms. The van der Waals surface area contributed by atoms with E-state index in [4.69, 9.17) is 5.73 Å². The van der Waals surface area contributed by atoms with Crippen LogP contribution >= 0.6 is 0 Å². The fourth-order valence-corrected chi connectivity index (χ4v) is 1.54. The van der Waals surface area contributed by atoms with E-state index in [-0.39, 0.29) is 0 Å². The molecule has 0 radical (unpaired) electrons. The lowest BCUT2D eigenvalue weighted by Gasteiger charge is -1.98. The van der Waals surface area contributed by atoms with E-state index in [9.17, 15) is 0 Å². The lowest BCUT2D eigenvalue weighted by Crippen LogP contribution is -1.88. The normalized spacial score (nSPS) is 14.5. The first-order chi connectivity index (χ1) is 5.25. The lowest BCUT2D eigenvalue weighted by atomic mass is 10.1. The summed E-state index contributed by atoms with van der Waals surface area (Å²) in [5, 5.41) is 0. The third-order valence-corrected chi connectivity index (χ3v) is 2.04. The van der Waals surface area contributed by atoms with Gasteiger partial charge in [0.1, 0.15) is 0 Å². The molecule has 0 heterocycles. The summed E-state index contributed by atoms with van der Waals surface area (Å²) < 4.78 is 0. The van der Waals surface area contributed by atoms with Crippen molar-refractivity contribution in [2.24, 2.45) is 0 Å². The van der Waals surface area contributed by atoms with Crippen LogP contribution in [-0.2, 0) is 6.42 Å². The molecule has 0 amide bonds. The van der Waals surface area contributed by atoms with Crippen LogP contribution in [0.1, 0.15) is 18.1 Å². The van der Waals surface area contributed by atoms with Crippen LogP contribution in [0.2, 0.25) is 0 Å². The van der Waals surface area contributed by atoms with E-state index in [0.717, 1.165) is 12.1 Å². The molecule has 0 aliphatic heterocycles. The average Bonchev–Trinajstić information content (AvgIpc) is 2.27. The van der Waals surface area contributed by atoms with Gasteiger partial charge in [-0.25, -0.2) is 0 Å². The van der Waals surface area contributed by atoms with Gasteiger partial charge in [0.05, 0.1) is 0 Å². The van der Waals surface area contributed by atoms with Gasteiger partial charge in [0.25, 0.3) is 0 Å². The highest BCUT2D eigenvalue weighted by Crippen LogP contribution is 2.25. The van der Waals surface area contributed by atoms with Crippen molar-refractivity contribution >= 4 is 11.8 Å². The van der Waals surface area contributed by atoms with E-state index in [1.165, 1.54) is 16.7 Å². The first-order valence-electron chi connectivity index (χ1n) is 3.81. The fourth-order valence-electron chi connectivity index (χ4n) is 1.54. The molecule has 1 nitrogen and oxygen atoms in total. The molecule has 0 atom stereocenters. The van der Waals surface area contributed by atoms with E-state index < -0.39 is 0 Å². The molecular formula is C10H11N. The number of hydrogen-bond acceptors (Lipinski definition) is 1. The van der Waals surface area contributed by atoms with Crippen LogP contribution in [-0.4, -0.2) is 0 Å². The monoisotopic (exact) mass is 145 g/mol. The summed E-state index contributed by atoms with van der Waals surface area (Å²) in [6.07, 6.45) is 3.29. The molecular weight excluding hydrogens is 134 g/mol. The van der Waals surface area contributed by atoms with Crippen molar-refractivity contribution in [3.05, 3.63) is 34.9 Å². The van der Waals surface area contributed by atoms with Gasteiger partial charge >= 0.3 is 0 Å². The minimum atomic E-state index is 0.867. The molecule has 1 aromatic rings. The standard InChI is InChI=1S/C10H11N/c1-7-4-8-2-3-10(11)6-9(8)5-7/h2-4,6H,5,11H2,1H3. The van der Waals surface area contributed by atoms with E-state index in [1.807, 2.05) is 6.07 Å². The summed E-state index contributed by atoms with van der Waals surface area (Å²) in [6.45, 7) is 2.15. The first-order valence-corrected chi connectivity index (χ1v) is 3.81. The topological polar surface area (TPSA) is 26.0 Å². The Bertz CT molecular complexity index is 324. The molecule has 2 rings (SSSR count). The predicted octanol–water partition coefficient (Wildman–Crippen LogP) is 2.23. The third kappa shape index (κ3) is 1.03. The molecule has 0 bridgehead atoms. The number of nitrogen functional groups attached to an aromatic ring is 1. The van der Waals surface area contributed by atoms with Crippen LogP contribution in [0, 0.1) is 0 Å². The highest BCUT2D eigenvalue weighted by atomic mass is 14.5. The van der Waals surface area contributed by atoms with Crippen LogP contribution in [0.15, 0.2) is 23.8 Å². The summed E-state index contributed by atoms with van der Waals surface area (Å²) in [6, 6.07) is 6.09. The highest BCUT2D eigenvalue weighted by Gasteiger charge is 2.08. The minimum absolute atomic E-state index is 0.867. The van der Waals surface area contributed by atoms with Crippen LogP contribution in [0.5, 0.6) is 0 Å². The van der Waals surface area contributed by atoms with Crippen molar-refractivity contribution in [3.63, 3.8) is 0 Å². The Morgan fingerprint density at radius 1 is 1.36 bits per heavy atom. The Kier molecular flexibility index (Phi) is 1.25. The number of rotatable bonds is 0. The lowest BCUT2D eigenvalue weighted by molar-refractivity contribution is 1.20. The van der Waals surface area contributed by atoms with Gasteiger partial charge in [0.15, 0.2) is 0 Å². The van der Waals surface area contributed by atoms with E-state index >= 15 is 0 Å². The van der Waals surface area contributed by atoms with Gasteiger partial charge < -0.3 is 5.73 Å². The maximum absolute atomic E-state index is 5.65. The van der Waals surface area contributed by atoms with Crippen molar-refractivity contribution in [1.82, 2.24) is 0 Å². The molecule has 56 valence electrons. The van der Waals surface area contributed by atoms with Crippen LogP contribution in [0.4, 0.5) is 5.69 Å². The Morgan fingerprint density at radius 3 is 3.00 bits per heavy atom. The Morgan fingerprint density at radius 2 is 2.18 bits per heavy atom. The number of fused-ring (bicyclic) bond motifs is 1. The van der Waals surface area contributed by atoms with Gasteiger partial charge in [-0.15, -0.1) is 0 Å². The number of anilines is 1. The first kappa shape index (κ1) is 6.47.